The highest BCUT2D eigenvalue weighted by Gasteiger charge is 2.21. The molecule has 0 radical (unpaired) electrons. The Balaban J connectivity index is 2.71. The van der Waals surface area contributed by atoms with E-state index in [-0.39, 0.29) is 11.5 Å². The first kappa shape index (κ1) is 16.5. The lowest BCUT2D eigenvalue weighted by molar-refractivity contribution is 0.0506. The van der Waals surface area contributed by atoms with Crippen LogP contribution in [-0.4, -0.2) is 21.2 Å². The van der Waals surface area contributed by atoms with Crippen LogP contribution in [0.1, 0.15) is 60.2 Å². The van der Waals surface area contributed by atoms with Crippen molar-refractivity contribution in [1.29, 1.82) is 0 Å². The predicted octanol–water partition coefficient (Wildman–Crippen LogP) is 3.51. The van der Waals surface area contributed by atoms with E-state index in [2.05, 4.69) is 35.6 Å². The summed E-state index contributed by atoms with van der Waals surface area (Å²) < 4.78 is 7.34. The first-order valence-corrected chi connectivity index (χ1v) is 6.97. The quantitative estimate of drug-likeness (QED) is 0.922. The molecule has 114 valence electrons. The van der Waals surface area contributed by atoms with E-state index >= 15 is 0 Å². The molecule has 0 aliphatic heterocycles. The van der Waals surface area contributed by atoms with Gasteiger partial charge >= 0.3 is 6.09 Å². The van der Waals surface area contributed by atoms with Crippen LogP contribution in [0.15, 0.2) is 12.5 Å². The van der Waals surface area contributed by atoms with E-state index in [1.54, 1.807) is 12.5 Å². The van der Waals surface area contributed by atoms with Crippen LogP contribution in [0.5, 0.6) is 0 Å². The van der Waals surface area contributed by atoms with Gasteiger partial charge in [0.05, 0.1) is 24.3 Å². The smallest absolute Gasteiger partial charge is 0.408 e. The molecule has 5 heteroatoms. The van der Waals surface area contributed by atoms with Crippen LogP contribution in [0.2, 0.25) is 0 Å². The normalized spacial score (nSPS) is 13.9. The van der Waals surface area contributed by atoms with Gasteiger partial charge in [-0.05, 0) is 33.1 Å². The van der Waals surface area contributed by atoms with Gasteiger partial charge in [0.25, 0.3) is 0 Å². The third-order valence-electron chi connectivity index (χ3n) is 2.57. The summed E-state index contributed by atoms with van der Waals surface area (Å²) in [5, 5.41) is 2.84. The summed E-state index contributed by atoms with van der Waals surface area (Å²) >= 11 is 0. The van der Waals surface area contributed by atoms with Crippen molar-refractivity contribution in [2.45, 2.75) is 66.7 Å². The minimum atomic E-state index is -0.491. The van der Waals surface area contributed by atoms with Crippen LogP contribution in [0.25, 0.3) is 0 Å². The molecular formula is C15H27N3O2. The number of rotatable bonds is 3. The highest BCUT2D eigenvalue weighted by atomic mass is 16.6. The number of hydrogen-bond acceptors (Lipinski definition) is 3. The Morgan fingerprint density at radius 3 is 2.45 bits per heavy atom. The monoisotopic (exact) mass is 281 g/mol. The highest BCUT2D eigenvalue weighted by Crippen LogP contribution is 2.20. The zero-order valence-electron chi connectivity index (χ0n) is 13.7. The Morgan fingerprint density at radius 1 is 1.35 bits per heavy atom. The van der Waals surface area contributed by atoms with Crippen molar-refractivity contribution in [1.82, 2.24) is 14.9 Å². The van der Waals surface area contributed by atoms with Gasteiger partial charge in [0.2, 0.25) is 0 Å². The third kappa shape index (κ3) is 5.63. The number of amides is 1. The molecule has 1 unspecified atom stereocenters. The summed E-state index contributed by atoms with van der Waals surface area (Å²) in [7, 11) is 0. The molecule has 5 nitrogen and oxygen atoms in total. The molecule has 1 heterocycles. The van der Waals surface area contributed by atoms with Crippen molar-refractivity contribution in [3.8, 4) is 0 Å². The van der Waals surface area contributed by atoms with Crippen LogP contribution in [0, 0.1) is 5.41 Å². The zero-order valence-corrected chi connectivity index (χ0v) is 13.7. The second kappa shape index (κ2) is 5.85. The molecule has 1 atom stereocenters. The van der Waals surface area contributed by atoms with Gasteiger partial charge in [-0.15, -0.1) is 0 Å². The molecule has 1 amide bonds. The topological polar surface area (TPSA) is 56.1 Å². The van der Waals surface area contributed by atoms with E-state index in [4.69, 9.17) is 4.74 Å². The van der Waals surface area contributed by atoms with Gasteiger partial charge in [0.15, 0.2) is 0 Å². The third-order valence-corrected chi connectivity index (χ3v) is 2.57. The number of imidazole rings is 1. The van der Waals surface area contributed by atoms with E-state index in [0.29, 0.717) is 0 Å². The number of carbonyl (C=O) groups is 1. The Kier molecular flexibility index (Phi) is 4.84. The lowest BCUT2D eigenvalue weighted by Crippen LogP contribution is -2.35. The summed E-state index contributed by atoms with van der Waals surface area (Å²) in [4.78, 5) is 16.0. The lowest BCUT2D eigenvalue weighted by Gasteiger charge is -2.24. The molecule has 0 aromatic carbocycles. The van der Waals surface area contributed by atoms with Crippen LogP contribution in [0.3, 0.4) is 0 Å². The second-order valence-corrected chi connectivity index (χ2v) is 7.37. The molecule has 1 rings (SSSR count). The number of nitrogens with one attached hydrogen (secondary N) is 1. The van der Waals surface area contributed by atoms with Gasteiger partial charge in [-0.2, -0.15) is 0 Å². The number of ether oxygens (including phenoxy) is 1. The standard InChI is InChI=1S/C15H27N3O2/c1-11(17-13(19)20-15(5,6)7)12-8-16-10-18(12)9-14(2,3)4/h8,10-11H,9H2,1-7H3,(H,17,19). The molecule has 1 aromatic heterocycles. The van der Waals surface area contributed by atoms with Crippen molar-refractivity contribution >= 4 is 6.09 Å². The summed E-state index contributed by atoms with van der Waals surface area (Å²) in [6.07, 6.45) is 3.18. The molecule has 0 bridgehead atoms. The van der Waals surface area contributed by atoms with Crippen LogP contribution >= 0.6 is 0 Å². The fourth-order valence-electron chi connectivity index (χ4n) is 1.89. The molecule has 1 N–H and O–H groups in total. The summed E-state index contributed by atoms with van der Waals surface area (Å²) in [6.45, 7) is 14.8. The van der Waals surface area contributed by atoms with Gasteiger partial charge < -0.3 is 14.6 Å². The second-order valence-electron chi connectivity index (χ2n) is 7.37. The van der Waals surface area contributed by atoms with Crippen molar-refractivity contribution < 1.29 is 9.53 Å². The minimum absolute atomic E-state index is 0.144. The van der Waals surface area contributed by atoms with E-state index in [0.717, 1.165) is 12.2 Å². The van der Waals surface area contributed by atoms with E-state index in [9.17, 15) is 4.79 Å². The Morgan fingerprint density at radius 2 is 1.95 bits per heavy atom. The molecule has 1 aromatic rings. The molecular weight excluding hydrogens is 254 g/mol. The molecule has 0 fully saturated rings. The molecule has 0 saturated heterocycles. The predicted molar refractivity (Wildman–Crippen MR) is 79.5 cm³/mol. The van der Waals surface area contributed by atoms with Gasteiger partial charge in [-0.25, -0.2) is 9.78 Å². The number of hydrogen-bond donors (Lipinski definition) is 1. The minimum Gasteiger partial charge on any atom is -0.444 e. The summed E-state index contributed by atoms with van der Waals surface area (Å²) in [6, 6.07) is -0.144. The maximum Gasteiger partial charge on any atom is 0.408 e. The average molecular weight is 281 g/mol. The van der Waals surface area contributed by atoms with Gasteiger partial charge in [0.1, 0.15) is 5.60 Å². The lowest BCUT2D eigenvalue weighted by atomic mass is 9.96. The first-order valence-electron chi connectivity index (χ1n) is 6.97. The Hall–Kier alpha value is -1.52. The molecule has 0 saturated carbocycles. The maximum atomic E-state index is 11.8. The fourth-order valence-corrected chi connectivity index (χ4v) is 1.89. The van der Waals surface area contributed by atoms with E-state index < -0.39 is 11.7 Å². The largest absolute Gasteiger partial charge is 0.444 e. The molecule has 0 aliphatic carbocycles. The van der Waals surface area contributed by atoms with Gasteiger partial charge in [-0.1, -0.05) is 20.8 Å². The number of carbonyl (C=O) groups excluding carboxylic acids is 1. The summed E-state index contributed by atoms with van der Waals surface area (Å²) in [5.41, 5.74) is 0.641. The first-order chi connectivity index (χ1) is 8.98. The molecule has 0 spiro atoms. The van der Waals surface area contributed by atoms with Crippen LogP contribution < -0.4 is 5.32 Å². The Bertz CT molecular complexity index is 452. The molecule has 0 aliphatic rings. The number of nitrogens with zero attached hydrogens (tertiary/aromatic N) is 2. The highest BCUT2D eigenvalue weighted by molar-refractivity contribution is 5.68. The van der Waals surface area contributed by atoms with Crippen molar-refractivity contribution in [3.05, 3.63) is 18.2 Å². The van der Waals surface area contributed by atoms with Gasteiger partial charge in [0, 0.05) is 6.54 Å². The van der Waals surface area contributed by atoms with E-state index in [1.165, 1.54) is 0 Å². The van der Waals surface area contributed by atoms with Crippen molar-refractivity contribution in [2.75, 3.05) is 0 Å². The maximum absolute atomic E-state index is 11.8. The van der Waals surface area contributed by atoms with Crippen molar-refractivity contribution in [2.24, 2.45) is 5.41 Å². The van der Waals surface area contributed by atoms with Crippen molar-refractivity contribution in [3.63, 3.8) is 0 Å². The van der Waals surface area contributed by atoms with Crippen LogP contribution in [0.4, 0.5) is 4.79 Å². The average Bonchev–Trinajstić information content (AvgIpc) is 2.59. The number of alkyl carbamates (subject to hydrolysis) is 1. The summed E-state index contributed by atoms with van der Waals surface area (Å²) in [5.74, 6) is 0. The van der Waals surface area contributed by atoms with Crippen LogP contribution in [-0.2, 0) is 11.3 Å². The van der Waals surface area contributed by atoms with Gasteiger partial charge in [-0.3, -0.25) is 0 Å². The fraction of sp³-hybridized carbons (Fsp3) is 0.733. The number of aromatic nitrogens is 2. The zero-order chi connectivity index (χ0) is 15.6. The Labute approximate surface area is 121 Å². The van der Waals surface area contributed by atoms with E-state index in [1.807, 2.05) is 27.7 Å². The SMILES string of the molecule is CC(NC(=O)OC(C)(C)C)c1cncn1CC(C)(C)C. The molecule has 20 heavy (non-hydrogen) atoms.